The SMILES string of the molecule is C/C1=C/CC2=C(CCC1)OCC(=O)N(Cc1ccccc1)C2C(=O)NC(C)C. The Balaban J connectivity index is 2.02. The summed E-state index contributed by atoms with van der Waals surface area (Å²) in [4.78, 5) is 27.9. The molecule has 5 nitrogen and oxygen atoms in total. The van der Waals surface area contributed by atoms with Crippen molar-refractivity contribution in [1.29, 1.82) is 0 Å². The molecule has 1 aliphatic heterocycles. The minimum Gasteiger partial charge on any atom is -0.488 e. The first-order chi connectivity index (χ1) is 13.5. The van der Waals surface area contributed by atoms with Crippen molar-refractivity contribution in [1.82, 2.24) is 10.2 Å². The number of nitrogens with one attached hydrogen (secondary N) is 1. The lowest BCUT2D eigenvalue weighted by molar-refractivity contribution is -0.141. The molecule has 1 atom stereocenters. The number of amides is 2. The van der Waals surface area contributed by atoms with Crippen molar-refractivity contribution in [2.75, 3.05) is 6.61 Å². The molecule has 1 N–H and O–H groups in total. The molecule has 0 bridgehead atoms. The van der Waals surface area contributed by atoms with Gasteiger partial charge in [0.2, 0.25) is 5.91 Å². The fourth-order valence-corrected chi connectivity index (χ4v) is 3.80. The van der Waals surface area contributed by atoms with Crippen molar-refractivity contribution < 1.29 is 14.3 Å². The van der Waals surface area contributed by atoms with Gasteiger partial charge in [-0.05, 0) is 45.6 Å². The maximum atomic E-state index is 13.2. The molecule has 5 heteroatoms. The number of nitrogens with zero attached hydrogens (tertiary/aromatic N) is 1. The van der Waals surface area contributed by atoms with Gasteiger partial charge < -0.3 is 15.0 Å². The van der Waals surface area contributed by atoms with Gasteiger partial charge in [-0.25, -0.2) is 0 Å². The maximum absolute atomic E-state index is 13.2. The number of rotatable bonds is 4. The Labute approximate surface area is 167 Å². The topological polar surface area (TPSA) is 58.6 Å². The van der Waals surface area contributed by atoms with Crippen LogP contribution in [0, 0.1) is 0 Å². The minimum absolute atomic E-state index is 0.000216. The lowest BCUT2D eigenvalue weighted by Gasteiger charge is -2.31. The van der Waals surface area contributed by atoms with Gasteiger partial charge in [-0.2, -0.15) is 0 Å². The summed E-state index contributed by atoms with van der Waals surface area (Å²) < 4.78 is 5.92. The normalized spacial score (nSPS) is 22.4. The molecule has 1 heterocycles. The zero-order valence-corrected chi connectivity index (χ0v) is 17.0. The third-order valence-electron chi connectivity index (χ3n) is 5.21. The number of carbonyl (C=O) groups is 2. The maximum Gasteiger partial charge on any atom is 0.261 e. The van der Waals surface area contributed by atoms with Gasteiger partial charge in [0.25, 0.3) is 5.91 Å². The van der Waals surface area contributed by atoms with Crippen molar-refractivity contribution in [3.63, 3.8) is 0 Å². The third-order valence-corrected chi connectivity index (χ3v) is 5.21. The molecule has 1 aromatic rings. The second-order valence-corrected chi connectivity index (χ2v) is 7.92. The van der Waals surface area contributed by atoms with E-state index in [2.05, 4.69) is 18.3 Å². The van der Waals surface area contributed by atoms with E-state index in [0.717, 1.165) is 36.2 Å². The van der Waals surface area contributed by atoms with Crippen LogP contribution in [0.5, 0.6) is 0 Å². The summed E-state index contributed by atoms with van der Waals surface area (Å²) in [5, 5.41) is 3.01. The smallest absolute Gasteiger partial charge is 0.261 e. The number of ether oxygens (including phenoxy) is 1. The molecule has 1 aliphatic carbocycles. The van der Waals surface area contributed by atoms with Gasteiger partial charge in [0, 0.05) is 24.6 Å². The number of allylic oxidation sites excluding steroid dienone is 3. The van der Waals surface area contributed by atoms with Crippen LogP contribution < -0.4 is 5.32 Å². The Kier molecular flexibility index (Phi) is 6.55. The molecule has 0 spiro atoms. The van der Waals surface area contributed by atoms with Gasteiger partial charge in [-0.15, -0.1) is 0 Å². The average molecular weight is 383 g/mol. The quantitative estimate of drug-likeness (QED) is 0.808. The van der Waals surface area contributed by atoms with Crippen molar-refractivity contribution in [2.24, 2.45) is 0 Å². The highest BCUT2D eigenvalue weighted by molar-refractivity contribution is 5.91. The lowest BCUT2D eigenvalue weighted by atomic mass is 9.93. The van der Waals surface area contributed by atoms with Crippen molar-refractivity contribution >= 4 is 11.8 Å². The fraction of sp³-hybridized carbons (Fsp3) is 0.478. The van der Waals surface area contributed by atoms with Gasteiger partial charge in [-0.1, -0.05) is 42.0 Å². The van der Waals surface area contributed by atoms with E-state index in [1.54, 1.807) is 4.90 Å². The van der Waals surface area contributed by atoms with Crippen LogP contribution in [0.2, 0.25) is 0 Å². The van der Waals surface area contributed by atoms with Crippen LogP contribution in [0.3, 0.4) is 0 Å². The Hall–Kier alpha value is -2.56. The van der Waals surface area contributed by atoms with Gasteiger partial charge >= 0.3 is 0 Å². The van der Waals surface area contributed by atoms with Crippen molar-refractivity contribution in [2.45, 2.75) is 65.1 Å². The fourth-order valence-electron chi connectivity index (χ4n) is 3.80. The van der Waals surface area contributed by atoms with E-state index < -0.39 is 6.04 Å². The summed E-state index contributed by atoms with van der Waals surface area (Å²) >= 11 is 0. The van der Waals surface area contributed by atoms with Crippen LogP contribution in [-0.4, -0.2) is 35.4 Å². The van der Waals surface area contributed by atoms with Crippen LogP contribution in [0.4, 0.5) is 0 Å². The van der Waals surface area contributed by atoms with Crippen LogP contribution in [0.1, 0.15) is 52.0 Å². The Morgan fingerprint density at radius 2 is 2.00 bits per heavy atom. The summed E-state index contributed by atoms with van der Waals surface area (Å²) in [6.45, 7) is 6.37. The van der Waals surface area contributed by atoms with Crippen LogP contribution in [0.15, 0.2) is 53.3 Å². The number of benzene rings is 1. The van der Waals surface area contributed by atoms with Gasteiger partial charge in [0.1, 0.15) is 6.04 Å². The molecule has 1 aromatic carbocycles. The summed E-state index contributed by atoms with van der Waals surface area (Å²) in [6, 6.07) is 9.16. The molecule has 0 radical (unpaired) electrons. The molecule has 2 amide bonds. The van der Waals surface area contributed by atoms with E-state index in [9.17, 15) is 9.59 Å². The first kappa shape index (κ1) is 20.2. The Morgan fingerprint density at radius 1 is 1.25 bits per heavy atom. The van der Waals surface area contributed by atoms with E-state index in [-0.39, 0.29) is 24.5 Å². The zero-order valence-electron chi connectivity index (χ0n) is 17.0. The summed E-state index contributed by atoms with van der Waals surface area (Å²) in [5.41, 5.74) is 3.23. The number of hydrogen-bond acceptors (Lipinski definition) is 3. The minimum atomic E-state index is -0.644. The number of hydrogen-bond donors (Lipinski definition) is 1. The van der Waals surface area contributed by atoms with Gasteiger partial charge in [0.15, 0.2) is 6.61 Å². The molecule has 0 saturated carbocycles. The lowest BCUT2D eigenvalue weighted by Crippen LogP contribution is -2.51. The van der Waals surface area contributed by atoms with Gasteiger partial charge in [0.05, 0.1) is 5.76 Å². The molecular weight excluding hydrogens is 352 g/mol. The first-order valence-electron chi connectivity index (χ1n) is 10.1. The monoisotopic (exact) mass is 382 g/mol. The Bertz CT molecular complexity index is 780. The highest BCUT2D eigenvalue weighted by Gasteiger charge is 2.37. The largest absolute Gasteiger partial charge is 0.488 e. The van der Waals surface area contributed by atoms with Gasteiger partial charge in [-0.3, -0.25) is 9.59 Å². The second-order valence-electron chi connectivity index (χ2n) is 7.92. The van der Waals surface area contributed by atoms with E-state index in [1.807, 2.05) is 44.2 Å². The van der Waals surface area contributed by atoms with Crippen molar-refractivity contribution in [3.8, 4) is 0 Å². The highest BCUT2D eigenvalue weighted by atomic mass is 16.5. The zero-order chi connectivity index (χ0) is 20.1. The van der Waals surface area contributed by atoms with E-state index in [1.165, 1.54) is 5.57 Å². The molecule has 0 aromatic heterocycles. The highest BCUT2D eigenvalue weighted by Crippen LogP contribution is 2.31. The summed E-state index contributed by atoms with van der Waals surface area (Å²) in [6.07, 6.45) is 5.55. The molecule has 3 rings (SSSR count). The van der Waals surface area contributed by atoms with E-state index in [4.69, 9.17) is 4.74 Å². The average Bonchev–Trinajstić information content (AvgIpc) is 2.76. The molecule has 150 valence electrons. The predicted octanol–water partition coefficient (Wildman–Crippen LogP) is 3.71. The number of carbonyl (C=O) groups excluding carboxylic acids is 2. The second kappa shape index (κ2) is 9.09. The standard InChI is InChI=1S/C23H30N2O3/c1-16(2)24-23(27)22-19-13-12-17(3)8-7-11-20(19)28-15-21(26)25(22)14-18-9-5-4-6-10-18/h4-6,9-10,12,16,22H,7-8,11,13-15H2,1-3H3,(H,24,27)/b17-12-. The molecule has 0 fully saturated rings. The molecule has 0 saturated heterocycles. The summed E-state index contributed by atoms with van der Waals surface area (Å²) in [7, 11) is 0. The molecule has 28 heavy (non-hydrogen) atoms. The third kappa shape index (κ3) is 4.83. The predicted molar refractivity (Wildman–Crippen MR) is 109 cm³/mol. The van der Waals surface area contributed by atoms with Crippen LogP contribution in [0.25, 0.3) is 0 Å². The van der Waals surface area contributed by atoms with Crippen LogP contribution >= 0.6 is 0 Å². The molecule has 2 aliphatic rings. The Morgan fingerprint density at radius 3 is 2.71 bits per heavy atom. The van der Waals surface area contributed by atoms with E-state index in [0.29, 0.717) is 13.0 Å². The molecular formula is C23H30N2O3. The van der Waals surface area contributed by atoms with E-state index >= 15 is 0 Å². The van der Waals surface area contributed by atoms with Crippen molar-refractivity contribution in [3.05, 3.63) is 58.9 Å². The summed E-state index contributed by atoms with van der Waals surface area (Å²) in [5.74, 6) is 0.528. The molecule has 1 unspecified atom stereocenters. The first-order valence-corrected chi connectivity index (χ1v) is 10.1. The van der Waals surface area contributed by atoms with Crippen LogP contribution in [-0.2, 0) is 20.9 Å².